The number of benzene rings is 2. The Bertz CT molecular complexity index is 1100. The van der Waals surface area contributed by atoms with Crippen molar-refractivity contribution < 1.29 is 4.74 Å². The Morgan fingerprint density at radius 1 is 0.929 bits per heavy atom. The smallest absolute Gasteiger partial charge is 0.260 e. The predicted octanol–water partition coefficient (Wildman–Crippen LogP) is 5.61. The van der Waals surface area contributed by atoms with Gasteiger partial charge in [-0.3, -0.25) is 4.40 Å². The summed E-state index contributed by atoms with van der Waals surface area (Å²) in [6, 6.07) is 15.3. The van der Waals surface area contributed by atoms with Crippen LogP contribution in [-0.2, 0) is 12.4 Å². The van der Waals surface area contributed by atoms with Crippen LogP contribution in [0.25, 0.3) is 5.52 Å². The number of hydrogen-bond acceptors (Lipinski definition) is 5. The highest BCUT2D eigenvalue weighted by Crippen LogP contribution is 2.27. The van der Waals surface area contributed by atoms with E-state index < -0.39 is 0 Å². The van der Waals surface area contributed by atoms with E-state index in [2.05, 4.69) is 15.2 Å². The predicted molar refractivity (Wildman–Crippen MR) is 112 cm³/mol. The third-order valence-corrected chi connectivity index (χ3v) is 5.67. The molecular formula is C20H16Cl2N4OS. The Kier molecular flexibility index (Phi) is 5.71. The molecule has 0 radical (unpaired) electrons. The second-order valence-electron chi connectivity index (χ2n) is 6.17. The maximum atomic E-state index is 5.95. The lowest BCUT2D eigenvalue weighted by atomic mass is 10.2. The Hall–Kier alpha value is -2.28. The first-order valence-electron chi connectivity index (χ1n) is 8.55. The summed E-state index contributed by atoms with van der Waals surface area (Å²) in [7, 11) is 0. The minimum atomic E-state index is 0.378. The van der Waals surface area contributed by atoms with E-state index in [1.807, 2.05) is 59.9 Å². The van der Waals surface area contributed by atoms with Gasteiger partial charge in [-0.25, -0.2) is 4.98 Å². The number of nitrogens with zero attached hydrogens (tertiary/aromatic N) is 4. The molecule has 0 atom stereocenters. The molecule has 2 aromatic carbocycles. The summed E-state index contributed by atoms with van der Waals surface area (Å²) in [5, 5.41) is 10.8. The number of thioether (sulfide) groups is 1. The highest BCUT2D eigenvalue weighted by atomic mass is 35.5. The SMILES string of the molecule is Cc1ncn2c(SCc3ccc(Cl)cc3)nnc(OCc3ccc(Cl)cc3)c12. The zero-order valence-corrected chi connectivity index (χ0v) is 17.3. The Morgan fingerprint density at radius 2 is 1.57 bits per heavy atom. The monoisotopic (exact) mass is 430 g/mol. The molecule has 0 N–H and O–H groups in total. The molecule has 0 aliphatic carbocycles. The maximum Gasteiger partial charge on any atom is 0.260 e. The summed E-state index contributed by atoms with van der Waals surface area (Å²) in [4.78, 5) is 4.40. The van der Waals surface area contributed by atoms with Gasteiger partial charge in [0.15, 0.2) is 5.16 Å². The number of aryl methyl sites for hydroxylation is 1. The molecule has 0 spiro atoms. The second kappa shape index (κ2) is 8.39. The molecule has 142 valence electrons. The van der Waals surface area contributed by atoms with Crippen LogP contribution in [0, 0.1) is 6.92 Å². The topological polar surface area (TPSA) is 52.3 Å². The van der Waals surface area contributed by atoms with Crippen molar-refractivity contribution in [1.82, 2.24) is 19.6 Å². The van der Waals surface area contributed by atoms with E-state index in [0.717, 1.165) is 38.3 Å². The molecule has 2 aromatic heterocycles. The van der Waals surface area contributed by atoms with Gasteiger partial charge in [0.1, 0.15) is 18.5 Å². The summed E-state index contributed by atoms with van der Waals surface area (Å²) in [5.74, 6) is 1.21. The summed E-state index contributed by atoms with van der Waals surface area (Å²) < 4.78 is 7.83. The number of imidazole rings is 1. The van der Waals surface area contributed by atoms with Crippen LogP contribution >= 0.6 is 35.0 Å². The third kappa shape index (κ3) is 4.24. The molecule has 4 aromatic rings. The molecule has 0 amide bonds. The van der Waals surface area contributed by atoms with E-state index in [-0.39, 0.29) is 0 Å². The molecule has 8 heteroatoms. The number of fused-ring (bicyclic) bond motifs is 1. The van der Waals surface area contributed by atoms with Crippen LogP contribution in [0.15, 0.2) is 60.0 Å². The van der Waals surface area contributed by atoms with E-state index in [1.165, 1.54) is 0 Å². The van der Waals surface area contributed by atoms with Crippen LogP contribution in [0.1, 0.15) is 16.8 Å². The summed E-state index contributed by atoms with van der Waals surface area (Å²) >= 11 is 13.5. The zero-order valence-electron chi connectivity index (χ0n) is 15.0. The fraction of sp³-hybridized carbons (Fsp3) is 0.150. The highest BCUT2D eigenvalue weighted by Gasteiger charge is 2.15. The average Bonchev–Trinajstić information content (AvgIpc) is 3.10. The van der Waals surface area contributed by atoms with Crippen LogP contribution < -0.4 is 4.74 Å². The van der Waals surface area contributed by atoms with E-state index >= 15 is 0 Å². The van der Waals surface area contributed by atoms with E-state index in [4.69, 9.17) is 27.9 Å². The molecular weight excluding hydrogens is 415 g/mol. The van der Waals surface area contributed by atoms with Gasteiger partial charge in [-0.05, 0) is 42.3 Å². The second-order valence-corrected chi connectivity index (χ2v) is 7.98. The standard InChI is InChI=1S/C20H16Cl2N4OS/c1-13-18-19(27-10-14-2-6-16(21)7-3-14)24-25-20(26(18)12-23-13)28-11-15-4-8-17(22)9-5-15/h2-9,12H,10-11H2,1H3. The average molecular weight is 431 g/mol. The number of ether oxygens (including phenoxy) is 1. The van der Waals surface area contributed by atoms with Gasteiger partial charge in [0.25, 0.3) is 5.88 Å². The minimum Gasteiger partial charge on any atom is -0.470 e. The normalized spacial score (nSPS) is 11.1. The Balaban J connectivity index is 1.54. The quantitative estimate of drug-likeness (QED) is 0.372. The van der Waals surface area contributed by atoms with Crippen molar-refractivity contribution in [2.24, 2.45) is 0 Å². The minimum absolute atomic E-state index is 0.378. The molecule has 0 saturated heterocycles. The van der Waals surface area contributed by atoms with Gasteiger partial charge in [0.2, 0.25) is 0 Å². The van der Waals surface area contributed by atoms with Gasteiger partial charge >= 0.3 is 0 Å². The lowest BCUT2D eigenvalue weighted by molar-refractivity contribution is 0.291. The number of aromatic nitrogens is 4. The molecule has 5 nitrogen and oxygen atoms in total. The van der Waals surface area contributed by atoms with Crippen molar-refractivity contribution in [1.29, 1.82) is 0 Å². The maximum absolute atomic E-state index is 5.95. The van der Waals surface area contributed by atoms with Gasteiger partial charge in [0.05, 0.1) is 5.69 Å². The van der Waals surface area contributed by atoms with Crippen molar-refractivity contribution in [2.75, 3.05) is 0 Å². The first-order valence-corrected chi connectivity index (χ1v) is 10.3. The fourth-order valence-corrected chi connectivity index (χ4v) is 3.80. The van der Waals surface area contributed by atoms with Crippen LogP contribution in [0.5, 0.6) is 5.88 Å². The summed E-state index contributed by atoms with van der Waals surface area (Å²) in [5.41, 5.74) is 3.82. The third-order valence-electron chi connectivity index (χ3n) is 4.16. The molecule has 2 heterocycles. The molecule has 4 rings (SSSR count). The molecule has 0 unspecified atom stereocenters. The zero-order chi connectivity index (χ0) is 19.5. The lowest BCUT2D eigenvalue weighted by Crippen LogP contribution is -2.04. The van der Waals surface area contributed by atoms with E-state index in [1.54, 1.807) is 18.1 Å². The first-order chi connectivity index (χ1) is 13.6. The van der Waals surface area contributed by atoms with Crippen molar-refractivity contribution >= 4 is 40.5 Å². The first kappa shape index (κ1) is 19.1. The fourth-order valence-electron chi connectivity index (χ4n) is 2.68. The van der Waals surface area contributed by atoms with Crippen LogP contribution in [0.2, 0.25) is 10.0 Å². The van der Waals surface area contributed by atoms with E-state index in [0.29, 0.717) is 17.5 Å². The van der Waals surface area contributed by atoms with Gasteiger partial charge in [-0.15, -0.1) is 10.2 Å². The number of halogens is 2. The summed E-state index contributed by atoms with van der Waals surface area (Å²) in [6.07, 6.45) is 1.75. The van der Waals surface area contributed by atoms with Crippen LogP contribution in [-0.4, -0.2) is 19.6 Å². The van der Waals surface area contributed by atoms with Crippen molar-refractivity contribution in [3.63, 3.8) is 0 Å². The molecule has 0 aliphatic heterocycles. The van der Waals surface area contributed by atoms with Crippen molar-refractivity contribution in [3.05, 3.63) is 81.7 Å². The van der Waals surface area contributed by atoms with Gasteiger partial charge < -0.3 is 4.74 Å². The van der Waals surface area contributed by atoms with Crippen molar-refractivity contribution in [3.8, 4) is 5.88 Å². The molecule has 0 fully saturated rings. The van der Waals surface area contributed by atoms with Gasteiger partial charge in [-0.1, -0.05) is 59.2 Å². The number of hydrogen-bond donors (Lipinski definition) is 0. The molecule has 28 heavy (non-hydrogen) atoms. The van der Waals surface area contributed by atoms with Crippen LogP contribution in [0.4, 0.5) is 0 Å². The Labute approximate surface area is 176 Å². The van der Waals surface area contributed by atoms with Crippen LogP contribution in [0.3, 0.4) is 0 Å². The van der Waals surface area contributed by atoms with Crippen molar-refractivity contribution in [2.45, 2.75) is 24.4 Å². The largest absolute Gasteiger partial charge is 0.470 e. The lowest BCUT2D eigenvalue weighted by Gasteiger charge is -2.10. The number of rotatable bonds is 6. The van der Waals surface area contributed by atoms with E-state index in [9.17, 15) is 0 Å². The summed E-state index contributed by atoms with van der Waals surface area (Å²) in [6.45, 7) is 2.31. The Morgan fingerprint density at radius 3 is 2.25 bits per heavy atom. The molecule has 0 aliphatic rings. The van der Waals surface area contributed by atoms with Gasteiger partial charge in [-0.2, -0.15) is 0 Å². The molecule has 0 saturated carbocycles. The van der Waals surface area contributed by atoms with Gasteiger partial charge in [0, 0.05) is 15.8 Å². The molecule has 0 bridgehead atoms. The highest BCUT2D eigenvalue weighted by molar-refractivity contribution is 7.98.